The van der Waals surface area contributed by atoms with E-state index in [-0.39, 0.29) is 30.0 Å². The van der Waals surface area contributed by atoms with Gasteiger partial charge in [0.1, 0.15) is 5.54 Å². The molecule has 1 fully saturated rings. The van der Waals surface area contributed by atoms with Gasteiger partial charge in [-0.15, -0.1) is 0 Å². The Kier molecular flexibility index (Phi) is 5.35. The average molecular weight is 272 g/mol. The number of hydrogen-bond acceptors (Lipinski definition) is 4. The van der Waals surface area contributed by atoms with Crippen LogP contribution in [0.4, 0.5) is 0 Å². The van der Waals surface area contributed by atoms with Gasteiger partial charge in [0.15, 0.2) is 0 Å². The highest BCUT2D eigenvalue weighted by Gasteiger charge is 2.62. The van der Waals surface area contributed by atoms with Crippen LogP contribution < -0.4 is 11.1 Å². The number of nitrogens with one attached hydrogen (secondary N) is 1. The topological polar surface area (TPSA) is 84.6 Å². The minimum atomic E-state index is -0.855. The van der Waals surface area contributed by atoms with Crippen LogP contribution in [0.3, 0.4) is 0 Å². The number of carbonyl (C=O) groups is 1. The van der Waals surface area contributed by atoms with E-state index in [0.717, 1.165) is 0 Å². The highest BCUT2D eigenvalue weighted by molar-refractivity contribution is 5.88. The molecule has 0 saturated heterocycles. The molecule has 0 spiro atoms. The molecular formula is C14H28N2O3. The summed E-state index contributed by atoms with van der Waals surface area (Å²) < 4.78 is 5.61. The molecule has 0 heterocycles. The summed E-state index contributed by atoms with van der Waals surface area (Å²) in [7, 11) is 0. The minimum absolute atomic E-state index is 0.0446. The maximum atomic E-state index is 12.3. The van der Waals surface area contributed by atoms with E-state index in [1.54, 1.807) is 0 Å². The van der Waals surface area contributed by atoms with Crippen LogP contribution in [0.15, 0.2) is 0 Å². The maximum absolute atomic E-state index is 12.3. The molecule has 19 heavy (non-hydrogen) atoms. The third kappa shape index (κ3) is 3.09. The smallest absolute Gasteiger partial charge is 0.240 e. The Morgan fingerprint density at radius 1 is 1.58 bits per heavy atom. The second kappa shape index (κ2) is 6.20. The quantitative estimate of drug-likeness (QED) is 0.635. The fourth-order valence-corrected chi connectivity index (χ4v) is 2.57. The van der Waals surface area contributed by atoms with Crippen molar-refractivity contribution in [3.63, 3.8) is 0 Å². The fourth-order valence-electron chi connectivity index (χ4n) is 2.57. The molecule has 5 heteroatoms. The summed E-state index contributed by atoms with van der Waals surface area (Å²) in [6, 6.07) is 0. The van der Waals surface area contributed by atoms with Crippen molar-refractivity contribution >= 4 is 5.91 Å². The zero-order valence-corrected chi connectivity index (χ0v) is 12.5. The monoisotopic (exact) mass is 272 g/mol. The molecule has 0 aromatic rings. The zero-order chi connectivity index (χ0) is 14.7. The van der Waals surface area contributed by atoms with Crippen molar-refractivity contribution in [2.45, 2.75) is 52.2 Å². The molecular weight excluding hydrogens is 244 g/mol. The van der Waals surface area contributed by atoms with E-state index >= 15 is 0 Å². The van der Waals surface area contributed by atoms with E-state index < -0.39 is 5.54 Å². The molecule has 1 aliphatic carbocycles. The Morgan fingerprint density at radius 2 is 2.21 bits per heavy atom. The molecule has 112 valence electrons. The van der Waals surface area contributed by atoms with Gasteiger partial charge in [-0.25, -0.2) is 0 Å². The lowest BCUT2D eigenvalue weighted by Gasteiger charge is -2.57. The van der Waals surface area contributed by atoms with Gasteiger partial charge in [0.05, 0.1) is 6.10 Å². The van der Waals surface area contributed by atoms with E-state index in [1.807, 2.05) is 27.7 Å². The van der Waals surface area contributed by atoms with E-state index in [9.17, 15) is 4.79 Å². The number of aliphatic hydroxyl groups excluding tert-OH is 1. The number of hydrogen-bond donors (Lipinski definition) is 3. The molecule has 0 aliphatic heterocycles. The maximum Gasteiger partial charge on any atom is 0.240 e. The van der Waals surface area contributed by atoms with Crippen LogP contribution in [-0.4, -0.2) is 42.4 Å². The first kappa shape index (κ1) is 16.4. The molecule has 1 saturated carbocycles. The Bertz CT molecular complexity index is 320. The molecule has 4 N–H and O–H groups in total. The van der Waals surface area contributed by atoms with Gasteiger partial charge in [-0.3, -0.25) is 4.79 Å². The van der Waals surface area contributed by atoms with Crippen molar-refractivity contribution in [2.75, 3.05) is 19.8 Å². The molecule has 1 rings (SSSR count). The lowest BCUT2D eigenvalue weighted by atomic mass is 9.54. The summed E-state index contributed by atoms with van der Waals surface area (Å²) in [5.41, 5.74) is 5.05. The molecule has 0 aromatic carbocycles. The van der Waals surface area contributed by atoms with Crippen molar-refractivity contribution < 1.29 is 14.6 Å². The van der Waals surface area contributed by atoms with Crippen LogP contribution >= 0.6 is 0 Å². The summed E-state index contributed by atoms with van der Waals surface area (Å²) in [5.74, 6) is 0.140. The van der Waals surface area contributed by atoms with Crippen LogP contribution in [0, 0.1) is 11.3 Å². The molecule has 0 radical (unpaired) electrons. The molecule has 0 bridgehead atoms. The van der Waals surface area contributed by atoms with Gasteiger partial charge in [-0.1, -0.05) is 20.8 Å². The van der Waals surface area contributed by atoms with Crippen molar-refractivity contribution in [3.8, 4) is 0 Å². The Labute approximate surface area is 115 Å². The third-order valence-corrected chi connectivity index (χ3v) is 4.47. The number of nitrogens with two attached hydrogens (primary N) is 1. The van der Waals surface area contributed by atoms with Crippen molar-refractivity contribution in [3.05, 3.63) is 0 Å². The first-order valence-corrected chi connectivity index (χ1v) is 7.09. The molecule has 0 aromatic heterocycles. The van der Waals surface area contributed by atoms with Gasteiger partial charge in [-0.05, 0) is 19.3 Å². The largest absolute Gasteiger partial charge is 0.396 e. The highest BCUT2D eigenvalue weighted by Crippen LogP contribution is 2.49. The minimum Gasteiger partial charge on any atom is -0.396 e. The summed E-state index contributed by atoms with van der Waals surface area (Å²) >= 11 is 0. The van der Waals surface area contributed by atoms with E-state index in [1.165, 1.54) is 0 Å². The van der Waals surface area contributed by atoms with Crippen LogP contribution in [0.1, 0.15) is 40.5 Å². The zero-order valence-electron chi connectivity index (χ0n) is 12.5. The Balaban J connectivity index is 2.53. The second-order valence-corrected chi connectivity index (χ2v) is 6.17. The van der Waals surface area contributed by atoms with Crippen LogP contribution in [0.2, 0.25) is 0 Å². The SMILES string of the molecule is CCOC1CC(N)(C(=O)NCC(C)CCO)C1(C)C. The fraction of sp³-hybridized carbons (Fsp3) is 0.929. The Morgan fingerprint density at radius 3 is 2.68 bits per heavy atom. The van der Waals surface area contributed by atoms with Crippen LogP contribution in [0.5, 0.6) is 0 Å². The van der Waals surface area contributed by atoms with Gasteiger partial charge in [0, 0.05) is 31.6 Å². The predicted molar refractivity (Wildman–Crippen MR) is 74.6 cm³/mol. The lowest BCUT2D eigenvalue weighted by Crippen LogP contribution is -2.75. The van der Waals surface area contributed by atoms with Gasteiger partial charge >= 0.3 is 0 Å². The van der Waals surface area contributed by atoms with E-state index in [0.29, 0.717) is 26.0 Å². The normalized spacial score (nSPS) is 30.5. The molecule has 5 nitrogen and oxygen atoms in total. The van der Waals surface area contributed by atoms with Crippen LogP contribution in [-0.2, 0) is 9.53 Å². The third-order valence-electron chi connectivity index (χ3n) is 4.47. The molecule has 1 aliphatic rings. The number of rotatable bonds is 7. The molecule has 3 unspecified atom stereocenters. The molecule has 3 atom stereocenters. The predicted octanol–water partition coefficient (Wildman–Crippen LogP) is 0.654. The number of amides is 1. The summed E-state index contributed by atoms with van der Waals surface area (Å²) in [6.07, 6.45) is 1.29. The standard InChI is InChI=1S/C14H28N2O3/c1-5-19-11-8-14(15,13(11,3)4)12(18)16-9-10(2)6-7-17/h10-11,17H,5-9,15H2,1-4H3,(H,16,18). The van der Waals surface area contributed by atoms with Gasteiger partial charge < -0.3 is 20.9 Å². The number of ether oxygens (including phenoxy) is 1. The van der Waals surface area contributed by atoms with E-state index in [2.05, 4.69) is 5.32 Å². The summed E-state index contributed by atoms with van der Waals surface area (Å²) in [4.78, 5) is 12.3. The van der Waals surface area contributed by atoms with Crippen molar-refractivity contribution in [2.24, 2.45) is 17.1 Å². The lowest BCUT2D eigenvalue weighted by molar-refractivity contribution is -0.170. The summed E-state index contributed by atoms with van der Waals surface area (Å²) in [6.45, 7) is 9.23. The first-order chi connectivity index (χ1) is 8.79. The summed E-state index contributed by atoms with van der Waals surface area (Å²) in [5, 5.41) is 11.7. The van der Waals surface area contributed by atoms with Gasteiger partial charge in [0.2, 0.25) is 5.91 Å². The van der Waals surface area contributed by atoms with E-state index in [4.69, 9.17) is 15.6 Å². The first-order valence-electron chi connectivity index (χ1n) is 7.09. The van der Waals surface area contributed by atoms with Crippen LogP contribution in [0.25, 0.3) is 0 Å². The van der Waals surface area contributed by atoms with Crippen molar-refractivity contribution in [1.29, 1.82) is 0 Å². The number of carbonyl (C=O) groups excluding carboxylic acids is 1. The average Bonchev–Trinajstić information content (AvgIpc) is 2.35. The van der Waals surface area contributed by atoms with Gasteiger partial charge in [0.25, 0.3) is 0 Å². The Hall–Kier alpha value is -0.650. The second-order valence-electron chi connectivity index (χ2n) is 6.17. The number of aliphatic hydroxyl groups is 1. The molecule has 1 amide bonds. The van der Waals surface area contributed by atoms with Gasteiger partial charge in [-0.2, -0.15) is 0 Å². The van der Waals surface area contributed by atoms with Crippen molar-refractivity contribution in [1.82, 2.24) is 5.32 Å². The highest BCUT2D eigenvalue weighted by atomic mass is 16.5.